The van der Waals surface area contributed by atoms with Crippen LogP contribution < -0.4 is 0 Å². The second-order valence-corrected chi connectivity index (χ2v) is 4.94. The third kappa shape index (κ3) is 1.25. The lowest BCUT2D eigenvalue weighted by Crippen LogP contribution is -2.76. The molecular weight excluding hydrogens is 200 g/mol. The Bertz CT molecular complexity index is 417. The average molecular weight is 217 g/mol. The van der Waals surface area contributed by atoms with Gasteiger partial charge in [0.25, 0.3) is 0 Å². The zero-order chi connectivity index (χ0) is 11.2. The Morgan fingerprint density at radius 1 is 1.38 bits per heavy atom. The second-order valence-electron chi connectivity index (χ2n) is 4.94. The van der Waals surface area contributed by atoms with Crippen molar-refractivity contribution in [1.82, 2.24) is 5.01 Å². The molecule has 3 rings (SSSR count). The van der Waals surface area contributed by atoms with E-state index in [-0.39, 0.29) is 6.04 Å². The summed E-state index contributed by atoms with van der Waals surface area (Å²) in [6.45, 7) is 1.87. The molecule has 2 heterocycles. The second kappa shape index (κ2) is 3.40. The summed E-state index contributed by atoms with van der Waals surface area (Å²) in [5.41, 5.74) is 1.24. The summed E-state index contributed by atoms with van der Waals surface area (Å²) in [6.07, 6.45) is 2.22. The molecule has 2 aliphatic rings. The van der Waals surface area contributed by atoms with E-state index in [1.54, 1.807) is 0 Å². The van der Waals surface area contributed by atoms with E-state index in [4.69, 9.17) is 0 Å². The molecule has 2 aliphatic heterocycles. The van der Waals surface area contributed by atoms with Crippen molar-refractivity contribution < 1.29 is 9.39 Å². The van der Waals surface area contributed by atoms with E-state index in [9.17, 15) is 4.79 Å². The highest BCUT2D eigenvalue weighted by molar-refractivity contribution is 5.79. The molecule has 0 radical (unpaired) electrons. The number of fused-ring (bicyclic) bond motifs is 1. The predicted molar refractivity (Wildman–Crippen MR) is 61.1 cm³/mol. The van der Waals surface area contributed by atoms with Crippen molar-refractivity contribution in [2.45, 2.75) is 25.4 Å². The first-order valence-electron chi connectivity index (χ1n) is 5.93. The molecule has 0 aromatic heterocycles. The summed E-state index contributed by atoms with van der Waals surface area (Å²) in [5, 5.41) is 2.33. The van der Waals surface area contributed by atoms with Crippen LogP contribution in [-0.2, 0) is 11.3 Å². The van der Waals surface area contributed by atoms with Gasteiger partial charge in [-0.15, -0.1) is 5.01 Å². The van der Waals surface area contributed by atoms with Gasteiger partial charge in [-0.05, 0) is 12.8 Å². The lowest BCUT2D eigenvalue weighted by molar-refractivity contribution is -0.998. The number of nitrogens with zero attached hydrogens (tertiary/aromatic N) is 2. The number of quaternary nitrogens is 1. The van der Waals surface area contributed by atoms with Gasteiger partial charge >= 0.3 is 5.91 Å². The largest absolute Gasteiger partial charge is 0.355 e. The summed E-state index contributed by atoms with van der Waals surface area (Å²) in [6, 6.07) is 10.5. The Kier molecular flexibility index (Phi) is 2.13. The molecule has 0 N–H and O–H groups in total. The van der Waals surface area contributed by atoms with Crippen LogP contribution in [0.4, 0.5) is 0 Å². The predicted octanol–water partition coefficient (Wildman–Crippen LogP) is 1.55. The van der Waals surface area contributed by atoms with E-state index in [0.29, 0.717) is 10.5 Å². The molecule has 84 valence electrons. The van der Waals surface area contributed by atoms with Crippen LogP contribution in [0.15, 0.2) is 30.3 Å². The van der Waals surface area contributed by atoms with E-state index in [2.05, 4.69) is 17.1 Å². The smallest absolute Gasteiger partial charge is 0.227 e. The van der Waals surface area contributed by atoms with Gasteiger partial charge < -0.3 is 0 Å². The molecule has 0 saturated carbocycles. The fraction of sp³-hybridized carbons (Fsp3) is 0.462. The monoisotopic (exact) mass is 217 g/mol. The maximum atomic E-state index is 12.1. The van der Waals surface area contributed by atoms with Crippen molar-refractivity contribution in [3.8, 4) is 0 Å². The number of hydrogen-bond donors (Lipinski definition) is 0. The van der Waals surface area contributed by atoms with Crippen molar-refractivity contribution in [1.29, 1.82) is 0 Å². The molecule has 1 unspecified atom stereocenters. The van der Waals surface area contributed by atoms with Crippen LogP contribution in [0.1, 0.15) is 18.4 Å². The molecule has 0 spiro atoms. The minimum absolute atomic E-state index is 0.216. The van der Waals surface area contributed by atoms with E-state index >= 15 is 0 Å². The van der Waals surface area contributed by atoms with Gasteiger partial charge in [-0.2, -0.15) is 4.59 Å². The van der Waals surface area contributed by atoms with E-state index in [1.165, 1.54) is 12.0 Å². The zero-order valence-electron chi connectivity index (χ0n) is 9.60. The van der Waals surface area contributed by atoms with Crippen LogP contribution >= 0.6 is 0 Å². The Labute approximate surface area is 95.8 Å². The van der Waals surface area contributed by atoms with Crippen LogP contribution in [0.2, 0.25) is 0 Å². The van der Waals surface area contributed by atoms with Crippen molar-refractivity contribution in [3.63, 3.8) is 0 Å². The van der Waals surface area contributed by atoms with Gasteiger partial charge in [0.1, 0.15) is 6.54 Å². The minimum Gasteiger partial charge on any atom is -0.227 e. The molecular formula is C13H17N2O+. The molecule has 1 aromatic rings. The SMILES string of the molecule is C[N+]1(Cc2ccccc2)C(=O)[C@H]2CCCN21. The first-order chi connectivity index (χ1) is 7.72. The van der Waals surface area contributed by atoms with Gasteiger partial charge in [-0.1, -0.05) is 30.3 Å². The van der Waals surface area contributed by atoms with Crippen LogP contribution in [0.3, 0.4) is 0 Å². The third-order valence-electron chi connectivity index (χ3n) is 3.88. The lowest BCUT2D eigenvalue weighted by Gasteiger charge is -2.50. The molecule has 0 aliphatic carbocycles. The number of benzene rings is 1. The average Bonchev–Trinajstić information content (AvgIpc) is 2.76. The fourth-order valence-corrected chi connectivity index (χ4v) is 3.03. The maximum absolute atomic E-state index is 12.1. The molecule has 0 bridgehead atoms. The van der Waals surface area contributed by atoms with Crippen molar-refractivity contribution in [3.05, 3.63) is 35.9 Å². The number of hydrogen-bond acceptors (Lipinski definition) is 2. The van der Waals surface area contributed by atoms with Crippen LogP contribution in [0, 0.1) is 0 Å². The number of carbonyl (C=O) groups is 1. The van der Waals surface area contributed by atoms with Gasteiger partial charge in [-0.3, -0.25) is 0 Å². The Hall–Kier alpha value is -1.19. The minimum atomic E-state index is 0.216. The first-order valence-corrected chi connectivity index (χ1v) is 5.93. The summed E-state index contributed by atoms with van der Waals surface area (Å²) in [5.74, 6) is 0.390. The molecule has 1 aromatic carbocycles. The number of rotatable bonds is 2. The van der Waals surface area contributed by atoms with E-state index < -0.39 is 0 Å². The van der Waals surface area contributed by atoms with Crippen LogP contribution in [0.25, 0.3) is 0 Å². The third-order valence-corrected chi connectivity index (χ3v) is 3.88. The van der Waals surface area contributed by atoms with E-state index in [0.717, 1.165) is 19.5 Å². The number of carbonyl (C=O) groups excluding carboxylic acids is 1. The van der Waals surface area contributed by atoms with Gasteiger partial charge in [0.2, 0.25) is 0 Å². The number of likely N-dealkylation sites (N-methyl/N-ethyl adjacent to an activating group) is 1. The molecule has 2 fully saturated rings. The van der Waals surface area contributed by atoms with E-state index in [1.807, 2.05) is 25.2 Å². The highest BCUT2D eigenvalue weighted by Gasteiger charge is 2.61. The van der Waals surface area contributed by atoms with Crippen LogP contribution in [-0.4, -0.2) is 35.1 Å². The Morgan fingerprint density at radius 3 is 2.88 bits per heavy atom. The van der Waals surface area contributed by atoms with Gasteiger partial charge in [-0.25, -0.2) is 4.79 Å². The molecule has 16 heavy (non-hydrogen) atoms. The highest BCUT2D eigenvalue weighted by atomic mass is 16.2. The van der Waals surface area contributed by atoms with Crippen molar-refractivity contribution in [2.75, 3.05) is 13.6 Å². The lowest BCUT2D eigenvalue weighted by atomic mass is 10.1. The topological polar surface area (TPSA) is 20.3 Å². The first kappa shape index (κ1) is 10.00. The van der Waals surface area contributed by atoms with Gasteiger partial charge in [0.15, 0.2) is 6.04 Å². The van der Waals surface area contributed by atoms with Gasteiger partial charge in [0, 0.05) is 12.1 Å². The van der Waals surface area contributed by atoms with Gasteiger partial charge in [0.05, 0.1) is 7.05 Å². The molecule has 3 nitrogen and oxygen atoms in total. The summed E-state index contributed by atoms with van der Waals surface area (Å²) >= 11 is 0. The maximum Gasteiger partial charge on any atom is 0.355 e. The molecule has 2 atom stereocenters. The molecule has 2 saturated heterocycles. The zero-order valence-corrected chi connectivity index (χ0v) is 9.60. The summed E-state index contributed by atoms with van der Waals surface area (Å²) < 4.78 is 0.481. The molecule has 1 amide bonds. The standard InChI is InChI=1S/C13H17N2O/c1-15(10-11-6-3-2-4-7-11)13(16)12-8-5-9-14(12)15/h2-4,6-7,12H,5,8-10H2,1H3/q+1/t12-,15?/m1/s1. The van der Waals surface area contributed by atoms with Crippen molar-refractivity contribution >= 4 is 5.91 Å². The highest BCUT2D eigenvalue weighted by Crippen LogP contribution is 2.37. The normalized spacial score (nSPS) is 33.6. The summed E-state index contributed by atoms with van der Waals surface area (Å²) in [4.78, 5) is 12.1. The Morgan fingerprint density at radius 2 is 2.12 bits per heavy atom. The number of amides is 1. The Balaban J connectivity index is 1.82. The van der Waals surface area contributed by atoms with Crippen molar-refractivity contribution in [2.24, 2.45) is 0 Å². The van der Waals surface area contributed by atoms with Crippen LogP contribution in [0.5, 0.6) is 0 Å². The molecule has 3 heteroatoms. The fourth-order valence-electron chi connectivity index (χ4n) is 3.03. The summed E-state index contributed by atoms with van der Waals surface area (Å²) in [7, 11) is 2.04. The quantitative estimate of drug-likeness (QED) is 0.701.